The number of anilines is 3. The van der Waals surface area contributed by atoms with Gasteiger partial charge in [0.15, 0.2) is 11.6 Å². The largest absolute Gasteiger partial charge is 0.393 e. The van der Waals surface area contributed by atoms with E-state index in [1.807, 2.05) is 0 Å². The van der Waals surface area contributed by atoms with E-state index < -0.39 is 0 Å². The van der Waals surface area contributed by atoms with Crippen LogP contribution in [-0.4, -0.2) is 66.8 Å². The van der Waals surface area contributed by atoms with E-state index in [0.717, 1.165) is 70.4 Å². The summed E-state index contributed by atoms with van der Waals surface area (Å²) in [6.07, 6.45) is 4.10. The first-order valence-electron chi connectivity index (χ1n) is 8.21. The standard InChI is InChI=1S/C15H26N6O/c1-2-20-5-7-21(8-6-20)15-13(16)14(18-11-19-15)17-10-12-4-3-9-22-12/h11-12H,2-10,16H2,1H3,(H,17,18,19). The summed E-state index contributed by atoms with van der Waals surface area (Å²) in [7, 11) is 0. The van der Waals surface area contributed by atoms with Crippen LogP contribution >= 0.6 is 0 Å². The molecule has 7 nitrogen and oxygen atoms in total. The van der Waals surface area contributed by atoms with Crippen molar-refractivity contribution in [3.63, 3.8) is 0 Å². The molecule has 2 fully saturated rings. The van der Waals surface area contributed by atoms with E-state index in [1.54, 1.807) is 6.33 Å². The van der Waals surface area contributed by atoms with Crippen molar-refractivity contribution in [2.75, 3.05) is 61.8 Å². The number of ether oxygens (including phenoxy) is 1. The summed E-state index contributed by atoms with van der Waals surface area (Å²) in [4.78, 5) is 13.4. The average molecular weight is 306 g/mol. The molecule has 0 spiro atoms. The molecule has 0 radical (unpaired) electrons. The molecule has 22 heavy (non-hydrogen) atoms. The number of nitrogens with zero attached hydrogens (tertiary/aromatic N) is 4. The van der Waals surface area contributed by atoms with Crippen molar-refractivity contribution in [1.82, 2.24) is 14.9 Å². The SMILES string of the molecule is CCN1CCN(c2ncnc(NCC3CCCO3)c2N)CC1. The van der Waals surface area contributed by atoms with E-state index in [9.17, 15) is 0 Å². The molecule has 122 valence electrons. The predicted molar refractivity (Wildman–Crippen MR) is 88.2 cm³/mol. The molecular formula is C15H26N6O. The van der Waals surface area contributed by atoms with Gasteiger partial charge in [0.25, 0.3) is 0 Å². The van der Waals surface area contributed by atoms with Crippen LogP contribution in [0, 0.1) is 0 Å². The van der Waals surface area contributed by atoms with Gasteiger partial charge in [-0.1, -0.05) is 6.92 Å². The Morgan fingerprint density at radius 2 is 2.14 bits per heavy atom. The van der Waals surface area contributed by atoms with Gasteiger partial charge in [-0.3, -0.25) is 0 Å². The number of nitrogens with one attached hydrogen (secondary N) is 1. The fourth-order valence-corrected chi connectivity index (χ4v) is 3.07. The molecule has 2 aliphatic rings. The number of nitrogen functional groups attached to an aromatic ring is 1. The van der Waals surface area contributed by atoms with Crippen LogP contribution in [0.25, 0.3) is 0 Å². The minimum Gasteiger partial charge on any atom is -0.393 e. The second-order valence-electron chi connectivity index (χ2n) is 5.90. The molecule has 0 bridgehead atoms. The molecule has 3 N–H and O–H groups in total. The zero-order valence-electron chi connectivity index (χ0n) is 13.3. The number of rotatable bonds is 5. The van der Waals surface area contributed by atoms with Gasteiger partial charge in [-0.25, -0.2) is 9.97 Å². The van der Waals surface area contributed by atoms with E-state index >= 15 is 0 Å². The van der Waals surface area contributed by atoms with Crippen molar-refractivity contribution < 1.29 is 4.74 Å². The first-order chi connectivity index (χ1) is 10.8. The molecule has 3 rings (SSSR count). The molecule has 1 atom stereocenters. The molecule has 2 aliphatic heterocycles. The number of piperazine rings is 1. The van der Waals surface area contributed by atoms with Gasteiger partial charge < -0.3 is 25.6 Å². The van der Waals surface area contributed by atoms with E-state index in [2.05, 4.69) is 32.0 Å². The monoisotopic (exact) mass is 306 g/mol. The lowest BCUT2D eigenvalue weighted by Crippen LogP contribution is -2.46. The lowest BCUT2D eigenvalue weighted by molar-refractivity contribution is 0.120. The van der Waals surface area contributed by atoms with Gasteiger partial charge in [-0.2, -0.15) is 0 Å². The maximum absolute atomic E-state index is 6.28. The summed E-state index contributed by atoms with van der Waals surface area (Å²) in [6, 6.07) is 0. The van der Waals surface area contributed by atoms with E-state index in [1.165, 1.54) is 0 Å². The van der Waals surface area contributed by atoms with Crippen LogP contribution in [0.3, 0.4) is 0 Å². The summed E-state index contributed by atoms with van der Waals surface area (Å²) in [5.74, 6) is 1.57. The number of aromatic nitrogens is 2. The fraction of sp³-hybridized carbons (Fsp3) is 0.733. The highest BCUT2D eigenvalue weighted by Gasteiger charge is 2.21. The molecule has 1 unspecified atom stereocenters. The van der Waals surface area contributed by atoms with Crippen molar-refractivity contribution in [2.24, 2.45) is 0 Å². The van der Waals surface area contributed by atoms with Gasteiger partial charge in [0, 0.05) is 39.3 Å². The Balaban J connectivity index is 1.63. The predicted octanol–water partition coefficient (Wildman–Crippen LogP) is 0.792. The van der Waals surface area contributed by atoms with Crippen LogP contribution in [0.15, 0.2) is 6.33 Å². The molecule has 0 saturated carbocycles. The minimum atomic E-state index is 0.269. The lowest BCUT2D eigenvalue weighted by Gasteiger charge is -2.35. The summed E-state index contributed by atoms with van der Waals surface area (Å²) < 4.78 is 5.62. The first-order valence-corrected chi connectivity index (χ1v) is 8.21. The Morgan fingerprint density at radius 1 is 1.32 bits per heavy atom. The summed E-state index contributed by atoms with van der Waals surface area (Å²) in [5.41, 5.74) is 6.93. The Kier molecular flexibility index (Phi) is 4.94. The minimum absolute atomic E-state index is 0.269. The van der Waals surface area contributed by atoms with E-state index in [0.29, 0.717) is 5.69 Å². The van der Waals surface area contributed by atoms with Crippen molar-refractivity contribution >= 4 is 17.3 Å². The molecule has 2 saturated heterocycles. The second kappa shape index (κ2) is 7.11. The molecule has 0 aliphatic carbocycles. The molecule has 0 aromatic carbocycles. The normalized spacial score (nSPS) is 23.0. The lowest BCUT2D eigenvalue weighted by atomic mass is 10.2. The van der Waals surface area contributed by atoms with Crippen LogP contribution in [0.4, 0.5) is 17.3 Å². The van der Waals surface area contributed by atoms with Gasteiger partial charge in [0.1, 0.15) is 12.0 Å². The van der Waals surface area contributed by atoms with Crippen LogP contribution < -0.4 is 16.0 Å². The summed E-state index contributed by atoms with van der Waals surface area (Å²) >= 11 is 0. The fourth-order valence-electron chi connectivity index (χ4n) is 3.07. The Bertz CT molecular complexity index is 483. The summed E-state index contributed by atoms with van der Waals surface area (Å²) in [5, 5.41) is 3.32. The average Bonchev–Trinajstić information content (AvgIpc) is 3.07. The Labute approximate surface area is 131 Å². The number of likely N-dealkylation sites (N-methyl/N-ethyl adjacent to an activating group) is 1. The van der Waals surface area contributed by atoms with Gasteiger partial charge in [-0.15, -0.1) is 0 Å². The molecular weight excluding hydrogens is 280 g/mol. The zero-order chi connectivity index (χ0) is 15.4. The highest BCUT2D eigenvalue weighted by molar-refractivity contribution is 5.75. The van der Waals surface area contributed by atoms with E-state index in [-0.39, 0.29) is 6.10 Å². The van der Waals surface area contributed by atoms with Crippen LogP contribution in [0.1, 0.15) is 19.8 Å². The van der Waals surface area contributed by atoms with Crippen molar-refractivity contribution in [1.29, 1.82) is 0 Å². The van der Waals surface area contributed by atoms with Gasteiger partial charge in [-0.05, 0) is 19.4 Å². The third-order valence-electron chi connectivity index (χ3n) is 4.50. The molecule has 0 amide bonds. The summed E-state index contributed by atoms with van der Waals surface area (Å²) in [6.45, 7) is 8.93. The molecule has 1 aromatic rings. The van der Waals surface area contributed by atoms with Crippen molar-refractivity contribution in [3.05, 3.63) is 6.33 Å². The zero-order valence-corrected chi connectivity index (χ0v) is 13.3. The highest BCUT2D eigenvalue weighted by atomic mass is 16.5. The number of nitrogens with two attached hydrogens (primary N) is 1. The van der Waals surface area contributed by atoms with E-state index in [4.69, 9.17) is 10.5 Å². The van der Waals surface area contributed by atoms with Gasteiger partial charge in [0.2, 0.25) is 0 Å². The quantitative estimate of drug-likeness (QED) is 0.832. The molecule has 1 aromatic heterocycles. The maximum Gasteiger partial charge on any atom is 0.157 e. The maximum atomic E-state index is 6.28. The van der Waals surface area contributed by atoms with Crippen LogP contribution in [0.2, 0.25) is 0 Å². The van der Waals surface area contributed by atoms with Crippen LogP contribution in [0.5, 0.6) is 0 Å². The number of hydrogen-bond acceptors (Lipinski definition) is 7. The smallest absolute Gasteiger partial charge is 0.157 e. The van der Waals surface area contributed by atoms with Gasteiger partial charge >= 0.3 is 0 Å². The van der Waals surface area contributed by atoms with Gasteiger partial charge in [0.05, 0.1) is 6.10 Å². The third kappa shape index (κ3) is 3.41. The Morgan fingerprint density at radius 3 is 2.82 bits per heavy atom. The third-order valence-corrected chi connectivity index (χ3v) is 4.50. The van der Waals surface area contributed by atoms with Crippen molar-refractivity contribution in [3.8, 4) is 0 Å². The second-order valence-corrected chi connectivity index (χ2v) is 5.90. The van der Waals surface area contributed by atoms with Crippen LogP contribution in [-0.2, 0) is 4.74 Å². The number of hydrogen-bond donors (Lipinski definition) is 2. The first kappa shape index (κ1) is 15.3. The molecule has 7 heteroatoms. The van der Waals surface area contributed by atoms with Crippen molar-refractivity contribution in [2.45, 2.75) is 25.9 Å². The topological polar surface area (TPSA) is 79.5 Å². The molecule has 3 heterocycles. The highest BCUT2D eigenvalue weighted by Crippen LogP contribution is 2.27. The Hall–Kier alpha value is -1.60.